The smallest absolute Gasteiger partial charge is 0.311 e. The summed E-state index contributed by atoms with van der Waals surface area (Å²) < 4.78 is 15.0. The Labute approximate surface area is 161 Å². The molecule has 9 heteroatoms. The maximum absolute atomic E-state index is 12.1. The van der Waals surface area contributed by atoms with E-state index in [2.05, 4.69) is 5.32 Å². The molecule has 0 saturated heterocycles. The number of anilines is 1. The molecule has 2 rings (SSSR count). The molecule has 0 aromatic heterocycles. The van der Waals surface area contributed by atoms with Crippen molar-refractivity contribution in [2.45, 2.75) is 13.3 Å². The second kappa shape index (κ2) is 9.36. The minimum Gasteiger partial charge on any atom is -0.497 e. The number of benzene rings is 2. The van der Waals surface area contributed by atoms with E-state index in [1.807, 2.05) is 0 Å². The van der Waals surface area contributed by atoms with E-state index < -0.39 is 23.4 Å². The molecule has 148 valence electrons. The number of ether oxygens (including phenoxy) is 3. The fourth-order valence-corrected chi connectivity index (χ4v) is 2.45. The van der Waals surface area contributed by atoms with Crippen LogP contribution in [0.2, 0.25) is 0 Å². The number of nitro benzene ring substituents is 1. The van der Waals surface area contributed by atoms with Crippen molar-refractivity contribution in [2.75, 3.05) is 26.1 Å². The minimum atomic E-state index is -0.572. The summed E-state index contributed by atoms with van der Waals surface area (Å²) in [7, 11) is 2.82. The molecule has 0 aliphatic heterocycles. The summed E-state index contributed by atoms with van der Waals surface area (Å²) in [5.41, 5.74) is 1.29. The second-order valence-corrected chi connectivity index (χ2v) is 5.83. The number of aryl methyl sites for hydroxylation is 1. The number of nitro groups is 1. The Morgan fingerprint density at radius 2 is 1.89 bits per heavy atom. The van der Waals surface area contributed by atoms with Crippen LogP contribution in [0.15, 0.2) is 36.4 Å². The van der Waals surface area contributed by atoms with Gasteiger partial charge in [-0.05, 0) is 30.2 Å². The van der Waals surface area contributed by atoms with Gasteiger partial charge in [0.15, 0.2) is 12.4 Å². The molecule has 9 nitrogen and oxygen atoms in total. The topological polar surface area (TPSA) is 117 Å². The molecule has 2 aromatic carbocycles. The van der Waals surface area contributed by atoms with Crippen molar-refractivity contribution in [1.29, 1.82) is 0 Å². The second-order valence-electron chi connectivity index (χ2n) is 5.83. The number of nitrogens with zero attached hydrogens (tertiary/aromatic N) is 1. The van der Waals surface area contributed by atoms with Crippen LogP contribution in [-0.2, 0) is 20.7 Å². The van der Waals surface area contributed by atoms with Crippen LogP contribution >= 0.6 is 0 Å². The summed E-state index contributed by atoms with van der Waals surface area (Å²) in [4.78, 5) is 34.4. The average Bonchev–Trinajstić information content (AvgIpc) is 2.67. The molecule has 1 N–H and O–H groups in total. The summed E-state index contributed by atoms with van der Waals surface area (Å²) in [6.45, 7) is 1.12. The molecule has 0 spiro atoms. The number of carbonyl (C=O) groups excluding carboxylic acids is 2. The van der Waals surface area contributed by atoms with E-state index in [1.165, 1.54) is 26.4 Å². The normalized spacial score (nSPS) is 10.1. The first-order valence-electron chi connectivity index (χ1n) is 8.25. The van der Waals surface area contributed by atoms with Gasteiger partial charge in [-0.3, -0.25) is 19.7 Å². The van der Waals surface area contributed by atoms with Gasteiger partial charge >= 0.3 is 11.7 Å². The number of amides is 1. The van der Waals surface area contributed by atoms with Gasteiger partial charge in [0.2, 0.25) is 0 Å². The molecule has 0 aliphatic carbocycles. The molecule has 0 heterocycles. The van der Waals surface area contributed by atoms with Crippen LogP contribution in [0.25, 0.3) is 0 Å². The molecule has 1 amide bonds. The van der Waals surface area contributed by atoms with E-state index in [0.717, 1.165) is 0 Å². The molecule has 0 atom stereocenters. The fourth-order valence-electron chi connectivity index (χ4n) is 2.45. The first kappa shape index (κ1) is 20.7. The lowest BCUT2D eigenvalue weighted by molar-refractivity contribution is -0.385. The third kappa shape index (κ3) is 5.44. The van der Waals surface area contributed by atoms with Gasteiger partial charge in [-0.1, -0.05) is 12.1 Å². The number of hydrogen-bond acceptors (Lipinski definition) is 7. The van der Waals surface area contributed by atoms with Gasteiger partial charge < -0.3 is 19.5 Å². The zero-order valence-electron chi connectivity index (χ0n) is 15.7. The molecule has 0 fully saturated rings. The third-order valence-corrected chi connectivity index (χ3v) is 3.84. The third-order valence-electron chi connectivity index (χ3n) is 3.84. The lowest BCUT2D eigenvalue weighted by Gasteiger charge is -2.11. The van der Waals surface area contributed by atoms with E-state index in [0.29, 0.717) is 22.6 Å². The van der Waals surface area contributed by atoms with Crippen molar-refractivity contribution in [3.05, 3.63) is 57.6 Å². The lowest BCUT2D eigenvalue weighted by Crippen LogP contribution is -2.22. The van der Waals surface area contributed by atoms with Gasteiger partial charge in [0.25, 0.3) is 5.91 Å². The van der Waals surface area contributed by atoms with Crippen molar-refractivity contribution in [1.82, 2.24) is 0 Å². The average molecular weight is 388 g/mol. The molecular formula is C19H20N2O7. The monoisotopic (exact) mass is 388 g/mol. The predicted octanol–water partition coefficient (Wildman–Crippen LogP) is 2.64. The Balaban J connectivity index is 1.95. The molecule has 0 unspecified atom stereocenters. The van der Waals surface area contributed by atoms with E-state index in [1.54, 1.807) is 31.2 Å². The molecule has 0 bridgehead atoms. The Bertz CT molecular complexity index is 896. The van der Waals surface area contributed by atoms with Crippen molar-refractivity contribution in [2.24, 2.45) is 0 Å². The summed E-state index contributed by atoms with van der Waals surface area (Å²) >= 11 is 0. The first-order chi connectivity index (χ1) is 13.3. The Morgan fingerprint density at radius 3 is 2.54 bits per heavy atom. The maximum Gasteiger partial charge on any atom is 0.311 e. The van der Waals surface area contributed by atoms with Crippen LogP contribution in [0.3, 0.4) is 0 Å². The van der Waals surface area contributed by atoms with E-state index in [-0.39, 0.29) is 17.9 Å². The Hall–Kier alpha value is -3.62. The number of hydrogen-bond donors (Lipinski definition) is 1. The molecular weight excluding hydrogens is 368 g/mol. The van der Waals surface area contributed by atoms with E-state index in [9.17, 15) is 19.7 Å². The summed E-state index contributed by atoms with van der Waals surface area (Å²) in [5, 5.41) is 13.6. The van der Waals surface area contributed by atoms with Crippen molar-refractivity contribution < 1.29 is 28.7 Å². The summed E-state index contributed by atoms with van der Waals surface area (Å²) in [5.74, 6) is -0.508. The van der Waals surface area contributed by atoms with Crippen molar-refractivity contribution in [3.63, 3.8) is 0 Å². The summed E-state index contributed by atoms with van der Waals surface area (Å²) in [6, 6.07) is 9.60. The van der Waals surface area contributed by atoms with Gasteiger partial charge in [-0.25, -0.2) is 0 Å². The quantitative estimate of drug-likeness (QED) is 0.420. The van der Waals surface area contributed by atoms with E-state index >= 15 is 0 Å². The van der Waals surface area contributed by atoms with Crippen LogP contribution in [0, 0.1) is 17.0 Å². The van der Waals surface area contributed by atoms with Crippen LogP contribution < -0.4 is 14.8 Å². The Morgan fingerprint density at radius 1 is 1.14 bits per heavy atom. The first-order valence-corrected chi connectivity index (χ1v) is 8.25. The molecule has 2 aromatic rings. The van der Waals surface area contributed by atoms with Gasteiger partial charge in [0, 0.05) is 17.8 Å². The van der Waals surface area contributed by atoms with Crippen LogP contribution in [0.5, 0.6) is 11.5 Å². The highest BCUT2D eigenvalue weighted by Crippen LogP contribution is 2.32. The van der Waals surface area contributed by atoms with Gasteiger partial charge in [-0.15, -0.1) is 0 Å². The fraction of sp³-hybridized carbons (Fsp3) is 0.263. The maximum atomic E-state index is 12.1. The number of esters is 1. The molecule has 28 heavy (non-hydrogen) atoms. The van der Waals surface area contributed by atoms with Crippen LogP contribution in [0.1, 0.15) is 11.1 Å². The van der Waals surface area contributed by atoms with E-state index in [4.69, 9.17) is 14.2 Å². The predicted molar refractivity (Wildman–Crippen MR) is 101 cm³/mol. The highest BCUT2D eigenvalue weighted by molar-refractivity contribution is 5.94. The molecule has 0 saturated carbocycles. The number of carbonyl (C=O) groups is 2. The molecule has 0 radical (unpaired) electrons. The zero-order valence-corrected chi connectivity index (χ0v) is 15.7. The largest absolute Gasteiger partial charge is 0.497 e. The zero-order chi connectivity index (χ0) is 20.7. The highest BCUT2D eigenvalue weighted by Gasteiger charge is 2.18. The molecule has 0 aliphatic rings. The summed E-state index contributed by atoms with van der Waals surface area (Å²) in [6.07, 6.45) is -0.00510. The van der Waals surface area contributed by atoms with Crippen molar-refractivity contribution >= 4 is 23.3 Å². The van der Waals surface area contributed by atoms with Gasteiger partial charge in [0.05, 0.1) is 25.6 Å². The minimum absolute atomic E-state index is 0.00510. The lowest BCUT2D eigenvalue weighted by atomic mass is 10.1. The highest BCUT2D eigenvalue weighted by atomic mass is 16.6. The number of nitrogens with one attached hydrogen (secondary N) is 1. The number of rotatable bonds is 8. The van der Waals surface area contributed by atoms with Crippen molar-refractivity contribution in [3.8, 4) is 11.5 Å². The van der Waals surface area contributed by atoms with Crippen LogP contribution in [-0.4, -0.2) is 37.6 Å². The van der Waals surface area contributed by atoms with Crippen LogP contribution in [0.4, 0.5) is 11.4 Å². The van der Waals surface area contributed by atoms with Gasteiger partial charge in [0.1, 0.15) is 5.75 Å². The SMILES string of the molecule is COc1cccc(CC(=O)OCC(=O)Nc2cc(OC)c([N+](=O)[O-])cc2C)c1. The number of methoxy groups -OCH3 is 2. The van der Waals surface area contributed by atoms with Gasteiger partial charge in [-0.2, -0.15) is 0 Å². The Kier molecular flexibility index (Phi) is 6.91. The standard InChI is InChI=1S/C19H20N2O7/c1-12-7-16(21(24)25)17(27-3)10-15(12)20-18(22)11-28-19(23)9-13-5-4-6-14(8-13)26-2/h4-8,10H,9,11H2,1-3H3,(H,20,22).